The first-order valence-electron chi connectivity index (χ1n) is 23.2. The number of benzene rings is 2. The molecule has 0 atom stereocenters. The molecule has 1 fully saturated rings. The Hall–Kier alpha value is -9.54. The minimum atomic E-state index is -0.783. The van der Waals surface area contributed by atoms with Crippen molar-refractivity contribution in [1.29, 1.82) is 5.26 Å². The van der Waals surface area contributed by atoms with Gasteiger partial charge in [0.25, 0.3) is 11.8 Å². The van der Waals surface area contributed by atoms with E-state index in [1.807, 2.05) is 68.4 Å². The fourth-order valence-corrected chi connectivity index (χ4v) is 8.62. The van der Waals surface area contributed by atoms with E-state index in [1.165, 1.54) is 6.33 Å². The lowest BCUT2D eigenvalue weighted by molar-refractivity contribution is -0.576. The Bertz CT molecular complexity index is 3880. The summed E-state index contributed by atoms with van der Waals surface area (Å²) in [6, 6.07) is 27.7. The number of rotatable bonds is 13. The zero-order valence-electron chi connectivity index (χ0n) is 39.7. The molecule has 358 valence electrons. The molecule has 2 amide bonds. The molecular weight excluding hydrogens is 942 g/mol. The van der Waals surface area contributed by atoms with E-state index in [4.69, 9.17) is 36.5 Å². The van der Waals surface area contributed by atoms with Crippen LogP contribution in [0.2, 0.25) is 5.02 Å². The van der Waals surface area contributed by atoms with Gasteiger partial charge in [0.1, 0.15) is 47.0 Å². The van der Waals surface area contributed by atoms with Crippen LogP contribution in [-0.2, 0) is 5.41 Å². The van der Waals surface area contributed by atoms with Crippen LogP contribution in [-0.4, -0.2) is 66.6 Å². The summed E-state index contributed by atoms with van der Waals surface area (Å²) in [5, 5.41) is 23.1. The minimum absolute atomic E-state index is 0.290. The number of H-pyrrole nitrogens is 2. The zero-order chi connectivity index (χ0) is 50.4. The molecule has 1 saturated carbocycles. The maximum atomic E-state index is 13.6. The highest BCUT2D eigenvalue weighted by Gasteiger charge is 2.28. The number of carbonyl (C=O) groups excluding carboxylic acids is 2. The molecule has 8 aromatic heterocycles. The average molecular weight is 985 g/mol. The van der Waals surface area contributed by atoms with Crippen molar-refractivity contribution in [3.8, 4) is 34.4 Å². The molecule has 1 aliphatic rings. The molecule has 0 aliphatic heterocycles. The molecule has 8 heterocycles. The van der Waals surface area contributed by atoms with Crippen molar-refractivity contribution in [3.63, 3.8) is 0 Å². The molecule has 0 bridgehead atoms. The highest BCUT2D eigenvalue weighted by atomic mass is 35.5. The predicted octanol–water partition coefficient (Wildman–Crippen LogP) is 9.76. The van der Waals surface area contributed by atoms with Crippen LogP contribution in [0.25, 0.3) is 50.7 Å². The average Bonchev–Trinajstić information content (AvgIpc) is 3.91. The van der Waals surface area contributed by atoms with E-state index in [0.29, 0.717) is 108 Å². The van der Waals surface area contributed by atoms with Crippen LogP contribution < -0.4 is 25.8 Å². The van der Waals surface area contributed by atoms with Gasteiger partial charge in [-0.2, -0.15) is 9.83 Å². The van der Waals surface area contributed by atoms with Crippen molar-refractivity contribution in [2.24, 2.45) is 0 Å². The normalized spacial score (nSPS) is 12.4. The fraction of sp³-hybridized carbons (Fsp3) is 0.151. The van der Waals surface area contributed by atoms with E-state index in [2.05, 4.69) is 57.2 Å². The molecule has 19 nitrogen and oxygen atoms in total. The van der Waals surface area contributed by atoms with E-state index >= 15 is 0 Å². The Balaban J connectivity index is 0.911. The Morgan fingerprint density at radius 3 is 2.41 bits per heavy atom. The molecule has 73 heavy (non-hydrogen) atoms. The number of imidazole rings is 2. The van der Waals surface area contributed by atoms with Gasteiger partial charge in [-0.15, -0.1) is 9.97 Å². The second-order valence-corrected chi connectivity index (χ2v) is 18.5. The Morgan fingerprint density at radius 1 is 0.753 bits per heavy atom. The SMILES string of the molecule is Cc1ccc(NC(=O)c2cc(C3CC3)c(Cl)cn2)cc1Nc1ncccc1-c1nc[n+](-c2ccc(-c3ncnc4[nH]cnc34)c(Nc3nc(NC(=O)c4cccc(C(C)(C)C#N)c4)ccc3C)n2)c2[nH]cnc12. The van der Waals surface area contributed by atoms with Gasteiger partial charge in [0.2, 0.25) is 17.8 Å². The molecule has 0 saturated heterocycles. The standard InChI is InChI=1S/C53H42ClN17O2/c1-28-10-14-33(65-52(73)39-21-36(30-12-13-30)37(54)22-57-39)20-38(28)66-47-34(9-6-18-56-47)43-45-50(63-26-60-45)71(27-64-43)41-17-15-35(42-44-49(61-24-58-42)62-25-59-44)48(69-41)70-46-29(2)11-16-40(67-46)68-51(72)31-7-5-8-32(19-31)53(3,4)23-55/h5-11,14-22,24-27,30H,12-13H2,1-4H3,(H5,56,57,58,59,60,61,62,63,65,66,67,68,69,70,72,73)/p+1. The van der Waals surface area contributed by atoms with Gasteiger partial charge in [0.05, 0.1) is 34.0 Å². The molecule has 2 aromatic carbocycles. The van der Waals surface area contributed by atoms with Crippen molar-refractivity contribution in [2.75, 3.05) is 21.3 Å². The maximum Gasteiger partial charge on any atom is 0.274 e. The second-order valence-electron chi connectivity index (χ2n) is 18.1. The third kappa shape index (κ3) is 9.09. The molecule has 0 unspecified atom stereocenters. The first kappa shape index (κ1) is 45.9. The van der Waals surface area contributed by atoms with Crippen molar-refractivity contribution < 1.29 is 14.2 Å². The third-order valence-corrected chi connectivity index (χ3v) is 12.9. The van der Waals surface area contributed by atoms with Gasteiger partial charge in [-0.3, -0.25) is 14.6 Å². The summed E-state index contributed by atoms with van der Waals surface area (Å²) in [5.41, 5.74) is 9.06. The number of aryl methyl sites for hydroxylation is 2. The number of aromatic nitrogens is 12. The number of nitriles is 1. The van der Waals surface area contributed by atoms with Gasteiger partial charge in [0.15, 0.2) is 22.7 Å². The number of nitrogens with one attached hydrogen (secondary N) is 6. The van der Waals surface area contributed by atoms with Gasteiger partial charge < -0.3 is 26.3 Å². The van der Waals surface area contributed by atoms with E-state index in [1.54, 1.807) is 80.1 Å². The van der Waals surface area contributed by atoms with E-state index in [9.17, 15) is 14.9 Å². The number of carbonyl (C=O) groups is 2. The molecule has 0 spiro atoms. The van der Waals surface area contributed by atoms with Crippen molar-refractivity contribution in [2.45, 2.75) is 51.9 Å². The Labute approximate surface area is 421 Å². The van der Waals surface area contributed by atoms with Crippen molar-refractivity contribution >= 4 is 80.4 Å². The van der Waals surface area contributed by atoms with Crippen molar-refractivity contribution in [3.05, 3.63) is 161 Å². The molecule has 0 radical (unpaired) electrons. The van der Waals surface area contributed by atoms with E-state index in [-0.39, 0.29) is 11.8 Å². The number of hydrogen-bond donors (Lipinski definition) is 6. The summed E-state index contributed by atoms with van der Waals surface area (Å²) < 4.78 is 1.78. The number of anilines is 6. The van der Waals surface area contributed by atoms with Gasteiger partial charge in [-0.25, -0.2) is 34.9 Å². The summed E-state index contributed by atoms with van der Waals surface area (Å²) in [7, 11) is 0. The number of hydrogen-bond acceptors (Lipinski definition) is 14. The topological polar surface area (TPSA) is 258 Å². The maximum absolute atomic E-state index is 13.6. The smallest absolute Gasteiger partial charge is 0.274 e. The Morgan fingerprint density at radius 2 is 1.56 bits per heavy atom. The first-order chi connectivity index (χ1) is 35.4. The first-order valence-corrected chi connectivity index (χ1v) is 23.6. The quantitative estimate of drug-likeness (QED) is 0.0588. The molecule has 6 N–H and O–H groups in total. The molecule has 20 heteroatoms. The molecule has 11 rings (SSSR count). The van der Waals surface area contributed by atoms with E-state index in [0.717, 1.165) is 35.1 Å². The molecule has 10 aromatic rings. The number of fused-ring (bicyclic) bond motifs is 2. The minimum Gasteiger partial charge on any atom is -0.339 e. The van der Waals surface area contributed by atoms with Gasteiger partial charge in [-0.05, 0) is 123 Å². The van der Waals surface area contributed by atoms with Crippen LogP contribution in [0.5, 0.6) is 0 Å². The van der Waals surface area contributed by atoms with Crippen LogP contribution in [0, 0.1) is 25.2 Å². The number of nitrogens with zero attached hydrogens (tertiary/aromatic N) is 11. The lowest BCUT2D eigenvalue weighted by Gasteiger charge is -2.16. The van der Waals surface area contributed by atoms with Crippen LogP contribution in [0.4, 0.5) is 34.6 Å². The van der Waals surface area contributed by atoms with Crippen LogP contribution in [0.1, 0.15) is 75.7 Å². The van der Waals surface area contributed by atoms with Crippen molar-refractivity contribution in [1.82, 2.24) is 54.8 Å². The summed E-state index contributed by atoms with van der Waals surface area (Å²) in [4.78, 5) is 75.5. The molecular formula is C53H43ClN17O2+. The lowest BCUT2D eigenvalue weighted by atomic mass is 9.85. The van der Waals surface area contributed by atoms with Crippen LogP contribution >= 0.6 is 11.6 Å². The van der Waals surface area contributed by atoms with Crippen LogP contribution in [0.3, 0.4) is 0 Å². The number of amides is 2. The lowest BCUT2D eigenvalue weighted by Crippen LogP contribution is -2.34. The number of aromatic amines is 2. The highest BCUT2D eigenvalue weighted by Crippen LogP contribution is 2.43. The summed E-state index contributed by atoms with van der Waals surface area (Å²) in [6.07, 6.45) is 11.6. The largest absolute Gasteiger partial charge is 0.339 e. The van der Waals surface area contributed by atoms with Gasteiger partial charge >= 0.3 is 0 Å². The summed E-state index contributed by atoms with van der Waals surface area (Å²) >= 11 is 6.39. The molecule has 1 aliphatic carbocycles. The third-order valence-electron chi connectivity index (χ3n) is 12.6. The summed E-state index contributed by atoms with van der Waals surface area (Å²) in [6.45, 7) is 7.46. The van der Waals surface area contributed by atoms with Crippen LogP contribution in [0.15, 0.2) is 123 Å². The van der Waals surface area contributed by atoms with Gasteiger partial charge in [-0.1, -0.05) is 35.9 Å². The Kier molecular flexibility index (Phi) is 11.7. The number of pyridine rings is 4. The monoisotopic (exact) mass is 984 g/mol. The fourth-order valence-electron chi connectivity index (χ4n) is 8.36. The van der Waals surface area contributed by atoms with Gasteiger partial charge in [0, 0.05) is 35.4 Å². The predicted molar refractivity (Wildman–Crippen MR) is 276 cm³/mol. The van der Waals surface area contributed by atoms with E-state index < -0.39 is 5.41 Å². The highest BCUT2D eigenvalue weighted by molar-refractivity contribution is 6.31. The zero-order valence-corrected chi connectivity index (χ0v) is 40.4. The second kappa shape index (κ2) is 18.7. The number of halogens is 1. The summed E-state index contributed by atoms with van der Waals surface area (Å²) in [5.74, 6) is 1.70.